The van der Waals surface area contributed by atoms with Crippen LogP contribution in [0.2, 0.25) is 0 Å². The van der Waals surface area contributed by atoms with E-state index in [4.69, 9.17) is 0 Å². The molecule has 7 heteroatoms. The highest BCUT2D eigenvalue weighted by Gasteiger charge is 2.34. The molecule has 3 heterocycles. The first-order chi connectivity index (χ1) is 13.1. The number of aromatic nitrogens is 2. The van der Waals surface area contributed by atoms with Crippen molar-refractivity contribution in [1.29, 1.82) is 0 Å². The summed E-state index contributed by atoms with van der Waals surface area (Å²) in [5.74, 6) is 2.14. The first-order valence-electron chi connectivity index (χ1n) is 10.2. The Morgan fingerprint density at radius 2 is 1.97 bits per heavy atom. The molecule has 0 saturated carbocycles. The van der Waals surface area contributed by atoms with E-state index < -0.39 is 0 Å². The highest BCUT2D eigenvalue weighted by Crippen LogP contribution is 2.32. The number of carbonyl (C=O) groups excluding carboxylic acids is 1. The summed E-state index contributed by atoms with van der Waals surface area (Å²) in [6.07, 6.45) is 9.34. The third-order valence-corrected chi connectivity index (χ3v) is 5.87. The van der Waals surface area contributed by atoms with Crippen LogP contribution < -0.4 is 10.6 Å². The number of halogens is 2. The maximum Gasteiger partial charge on any atom is 0.224 e. The molecule has 2 bridgehead atoms. The molecule has 2 unspecified atom stereocenters. The Kier molecular flexibility index (Phi) is 8.56. The van der Waals surface area contributed by atoms with E-state index in [-0.39, 0.29) is 30.7 Å². The second kappa shape index (κ2) is 10.5. The van der Waals surface area contributed by atoms with Crippen LogP contribution in [0.1, 0.15) is 63.3 Å². The lowest BCUT2D eigenvalue weighted by Gasteiger charge is -2.28. The fraction of sp³-hybridized carbons (Fsp3) is 0.545. The van der Waals surface area contributed by atoms with Gasteiger partial charge >= 0.3 is 0 Å². The lowest BCUT2D eigenvalue weighted by molar-refractivity contribution is -0.117. The van der Waals surface area contributed by atoms with Gasteiger partial charge in [-0.1, -0.05) is 26.0 Å². The van der Waals surface area contributed by atoms with Gasteiger partial charge in [-0.25, -0.2) is 4.98 Å². The van der Waals surface area contributed by atoms with E-state index in [1.807, 2.05) is 24.5 Å². The molecule has 160 valence electrons. The normalized spacial score (nSPS) is 22.7. The van der Waals surface area contributed by atoms with Crippen molar-refractivity contribution >= 4 is 36.4 Å². The molecule has 2 atom stereocenters. The molecule has 2 saturated heterocycles. The molecule has 0 aliphatic carbocycles. The van der Waals surface area contributed by atoms with Crippen LogP contribution in [0.25, 0.3) is 0 Å². The third-order valence-electron chi connectivity index (χ3n) is 5.87. The molecule has 2 aliphatic heterocycles. The number of hydrogen-bond acceptors (Lipinski definition) is 3. The molecule has 29 heavy (non-hydrogen) atoms. The fourth-order valence-corrected chi connectivity index (χ4v) is 4.72. The van der Waals surface area contributed by atoms with Gasteiger partial charge in [-0.15, -0.1) is 24.8 Å². The lowest BCUT2D eigenvalue weighted by atomic mass is 9.89. The lowest BCUT2D eigenvalue weighted by Crippen LogP contribution is -2.39. The molecule has 0 radical (unpaired) electrons. The quantitative estimate of drug-likeness (QED) is 0.683. The molecule has 2 aromatic rings. The van der Waals surface area contributed by atoms with Crippen molar-refractivity contribution in [3.8, 4) is 0 Å². The van der Waals surface area contributed by atoms with Crippen molar-refractivity contribution < 1.29 is 4.79 Å². The zero-order valence-corrected chi connectivity index (χ0v) is 18.8. The largest absolute Gasteiger partial charge is 0.330 e. The van der Waals surface area contributed by atoms with E-state index in [1.54, 1.807) is 0 Å². The van der Waals surface area contributed by atoms with Crippen LogP contribution in [0.3, 0.4) is 0 Å². The van der Waals surface area contributed by atoms with Gasteiger partial charge in [0.1, 0.15) is 5.82 Å². The van der Waals surface area contributed by atoms with Crippen molar-refractivity contribution in [2.75, 3.05) is 5.32 Å². The number of piperidine rings is 1. The molecule has 0 spiro atoms. The van der Waals surface area contributed by atoms with Crippen LogP contribution in [-0.2, 0) is 11.3 Å². The number of hydrogen-bond donors (Lipinski definition) is 2. The van der Waals surface area contributed by atoms with Crippen molar-refractivity contribution in [3.05, 3.63) is 48.0 Å². The van der Waals surface area contributed by atoms with Gasteiger partial charge in [-0.3, -0.25) is 4.79 Å². The SMILES string of the molecule is CC(C)c1nccn1Cc1cccc(NC(=O)CC2CC3CCC(C2)N3)c1.Cl.Cl. The third kappa shape index (κ3) is 5.97. The number of anilines is 1. The summed E-state index contributed by atoms with van der Waals surface area (Å²) in [5.41, 5.74) is 2.06. The minimum absolute atomic E-state index is 0. The van der Waals surface area contributed by atoms with E-state index in [2.05, 4.69) is 46.2 Å². The Labute approximate surface area is 185 Å². The van der Waals surface area contributed by atoms with Crippen molar-refractivity contribution in [1.82, 2.24) is 14.9 Å². The van der Waals surface area contributed by atoms with E-state index >= 15 is 0 Å². The van der Waals surface area contributed by atoms with Crippen molar-refractivity contribution in [2.45, 2.75) is 70.5 Å². The molecule has 2 fully saturated rings. The first kappa shape index (κ1) is 23.7. The fourth-order valence-electron chi connectivity index (χ4n) is 4.72. The zero-order valence-electron chi connectivity index (χ0n) is 17.1. The van der Waals surface area contributed by atoms with Gasteiger partial charge in [0.15, 0.2) is 0 Å². The first-order valence-corrected chi connectivity index (χ1v) is 10.2. The molecule has 2 N–H and O–H groups in total. The minimum atomic E-state index is 0. The average Bonchev–Trinajstić information content (AvgIpc) is 3.21. The van der Waals surface area contributed by atoms with Crippen molar-refractivity contribution in [3.63, 3.8) is 0 Å². The number of rotatable bonds is 6. The van der Waals surface area contributed by atoms with Crippen LogP contribution in [0, 0.1) is 5.92 Å². The van der Waals surface area contributed by atoms with Gasteiger partial charge in [0.25, 0.3) is 0 Å². The monoisotopic (exact) mass is 438 g/mol. The van der Waals surface area contributed by atoms with Gasteiger partial charge in [0.05, 0.1) is 0 Å². The molecule has 5 nitrogen and oxygen atoms in total. The number of nitrogens with zero attached hydrogens (tertiary/aromatic N) is 2. The Balaban J connectivity index is 0.00000150. The highest BCUT2D eigenvalue weighted by atomic mass is 35.5. The Morgan fingerprint density at radius 1 is 1.24 bits per heavy atom. The van der Waals surface area contributed by atoms with E-state index in [1.165, 1.54) is 18.4 Å². The summed E-state index contributed by atoms with van der Waals surface area (Å²) in [5, 5.41) is 6.76. The molecule has 2 aliphatic rings. The average molecular weight is 439 g/mol. The summed E-state index contributed by atoms with van der Waals surface area (Å²) in [6.45, 7) is 5.08. The molecule has 1 aromatic carbocycles. The summed E-state index contributed by atoms with van der Waals surface area (Å²) < 4.78 is 2.18. The zero-order chi connectivity index (χ0) is 18.8. The number of imidazole rings is 1. The summed E-state index contributed by atoms with van der Waals surface area (Å²) >= 11 is 0. The molecular weight excluding hydrogens is 407 g/mol. The van der Waals surface area contributed by atoms with Crippen LogP contribution in [0.5, 0.6) is 0 Å². The van der Waals surface area contributed by atoms with Crippen LogP contribution in [0.4, 0.5) is 5.69 Å². The maximum atomic E-state index is 12.5. The summed E-state index contributed by atoms with van der Waals surface area (Å²) in [4.78, 5) is 17.0. The number of carbonyl (C=O) groups is 1. The Bertz CT molecular complexity index is 796. The van der Waals surface area contributed by atoms with Crippen LogP contribution >= 0.6 is 24.8 Å². The molecule has 1 aromatic heterocycles. The van der Waals surface area contributed by atoms with Gasteiger partial charge in [0, 0.05) is 49.0 Å². The van der Waals surface area contributed by atoms with Crippen molar-refractivity contribution in [2.24, 2.45) is 5.92 Å². The summed E-state index contributed by atoms with van der Waals surface area (Å²) in [7, 11) is 0. The van der Waals surface area contributed by atoms with Gasteiger partial charge in [0.2, 0.25) is 5.91 Å². The Morgan fingerprint density at radius 3 is 2.66 bits per heavy atom. The number of nitrogens with one attached hydrogen (secondary N) is 2. The van der Waals surface area contributed by atoms with Gasteiger partial charge < -0.3 is 15.2 Å². The smallest absolute Gasteiger partial charge is 0.224 e. The molecule has 1 amide bonds. The number of amides is 1. The minimum Gasteiger partial charge on any atom is -0.330 e. The van der Waals surface area contributed by atoms with Gasteiger partial charge in [-0.05, 0) is 49.3 Å². The maximum absolute atomic E-state index is 12.5. The standard InChI is InChI=1S/C22H30N4O.2ClH/c1-15(2)22-23-8-9-26(22)14-16-4-3-5-18(10-16)25-21(27)13-17-11-19-6-7-20(12-17)24-19;;/h3-5,8-10,15,17,19-20,24H,6-7,11-14H2,1-2H3,(H,25,27);2*1H. The highest BCUT2D eigenvalue weighted by molar-refractivity contribution is 5.90. The van der Waals surface area contributed by atoms with Crippen LogP contribution in [-0.4, -0.2) is 27.5 Å². The summed E-state index contributed by atoms with van der Waals surface area (Å²) in [6, 6.07) is 9.44. The second-order valence-electron chi connectivity index (χ2n) is 8.50. The molecular formula is C22H32Cl2N4O. The van der Waals surface area contributed by atoms with Gasteiger partial charge in [-0.2, -0.15) is 0 Å². The predicted octanol–water partition coefficient (Wildman–Crippen LogP) is 4.76. The predicted molar refractivity (Wildman–Crippen MR) is 122 cm³/mol. The second-order valence-corrected chi connectivity index (χ2v) is 8.50. The van der Waals surface area contributed by atoms with E-state index in [0.717, 1.165) is 30.9 Å². The molecule has 4 rings (SSSR count). The van der Waals surface area contributed by atoms with E-state index in [0.29, 0.717) is 30.3 Å². The van der Waals surface area contributed by atoms with E-state index in [9.17, 15) is 4.79 Å². The van der Waals surface area contributed by atoms with Crippen LogP contribution in [0.15, 0.2) is 36.7 Å². The topological polar surface area (TPSA) is 59.0 Å². The Hall–Kier alpha value is -1.56. The number of benzene rings is 1. The number of fused-ring (bicyclic) bond motifs is 2.